The van der Waals surface area contributed by atoms with Gasteiger partial charge in [-0.15, -0.1) is 5.92 Å². The molecule has 1 aliphatic carbocycles. The van der Waals surface area contributed by atoms with E-state index >= 15 is 0 Å². The van der Waals surface area contributed by atoms with Gasteiger partial charge in [0.2, 0.25) is 0 Å². The number of nitrogens with zero attached hydrogens (tertiary/aromatic N) is 1. The fourth-order valence-corrected chi connectivity index (χ4v) is 1.95. The summed E-state index contributed by atoms with van der Waals surface area (Å²) in [6, 6.07) is 0. The summed E-state index contributed by atoms with van der Waals surface area (Å²) in [6.07, 6.45) is 9.22. The summed E-state index contributed by atoms with van der Waals surface area (Å²) in [5.74, 6) is 7.49. The molecule has 0 unspecified atom stereocenters. The topological polar surface area (TPSA) is 3.24 Å². The van der Waals surface area contributed by atoms with E-state index in [1.54, 1.807) is 0 Å². The summed E-state index contributed by atoms with van der Waals surface area (Å²) in [4.78, 5) is 2.22. The Balaban J connectivity index is 2.06. The molecule has 1 heteroatoms. The Morgan fingerprint density at radius 3 is 2.50 bits per heavy atom. The smallest absolute Gasteiger partial charge is 0.0202 e. The van der Waals surface area contributed by atoms with Gasteiger partial charge in [-0.2, -0.15) is 0 Å². The molecule has 0 saturated heterocycles. The third-order valence-electron chi connectivity index (χ3n) is 2.82. The van der Waals surface area contributed by atoms with Crippen LogP contribution in [0.4, 0.5) is 0 Å². The molecule has 1 nitrogen and oxygen atoms in total. The maximum absolute atomic E-state index is 3.43. The van der Waals surface area contributed by atoms with Crippen molar-refractivity contribution in [3.8, 4) is 11.8 Å². The molecule has 0 aromatic rings. The van der Waals surface area contributed by atoms with E-state index in [0.717, 1.165) is 12.3 Å². The first-order valence-electron chi connectivity index (χ1n) is 5.92. The van der Waals surface area contributed by atoms with Crippen molar-refractivity contribution < 1.29 is 0 Å². The van der Waals surface area contributed by atoms with E-state index < -0.39 is 0 Å². The van der Waals surface area contributed by atoms with E-state index in [4.69, 9.17) is 0 Å². The molecule has 1 aliphatic rings. The van der Waals surface area contributed by atoms with E-state index in [9.17, 15) is 0 Å². The second kappa shape index (κ2) is 6.90. The van der Waals surface area contributed by atoms with Crippen molar-refractivity contribution in [3.05, 3.63) is 0 Å². The number of hydrogen-bond donors (Lipinski definition) is 0. The van der Waals surface area contributed by atoms with Gasteiger partial charge in [-0.25, -0.2) is 0 Å². The van der Waals surface area contributed by atoms with E-state index in [2.05, 4.69) is 30.8 Å². The zero-order valence-corrected chi connectivity index (χ0v) is 9.68. The van der Waals surface area contributed by atoms with Crippen molar-refractivity contribution in [1.29, 1.82) is 0 Å². The molecule has 0 aromatic carbocycles. The lowest BCUT2D eigenvalue weighted by Gasteiger charge is -2.15. The minimum absolute atomic E-state index is 0.725. The molecule has 80 valence electrons. The maximum atomic E-state index is 3.43. The van der Waals surface area contributed by atoms with E-state index in [0.29, 0.717) is 0 Å². The Morgan fingerprint density at radius 2 is 1.86 bits per heavy atom. The summed E-state index contributed by atoms with van der Waals surface area (Å²) >= 11 is 0. The van der Waals surface area contributed by atoms with Crippen LogP contribution in [0.1, 0.15) is 44.9 Å². The highest BCUT2D eigenvalue weighted by Gasteiger charge is 2.09. The van der Waals surface area contributed by atoms with Gasteiger partial charge in [-0.1, -0.05) is 25.2 Å². The van der Waals surface area contributed by atoms with Gasteiger partial charge < -0.3 is 4.90 Å². The SMILES string of the molecule is CN(C)CCCC#CC1CCCCC1. The van der Waals surface area contributed by atoms with Crippen LogP contribution in [0.2, 0.25) is 0 Å². The van der Waals surface area contributed by atoms with Crippen molar-refractivity contribution in [3.63, 3.8) is 0 Å². The zero-order valence-electron chi connectivity index (χ0n) is 9.68. The van der Waals surface area contributed by atoms with Crippen molar-refractivity contribution in [2.75, 3.05) is 20.6 Å². The standard InChI is InChI=1S/C13H23N/c1-14(2)12-8-4-7-11-13-9-5-3-6-10-13/h13H,3-6,8-10,12H2,1-2H3. The van der Waals surface area contributed by atoms with Gasteiger partial charge in [0.15, 0.2) is 0 Å². The van der Waals surface area contributed by atoms with Gasteiger partial charge in [0.1, 0.15) is 0 Å². The van der Waals surface area contributed by atoms with Gasteiger partial charge in [-0.05, 0) is 39.9 Å². The van der Waals surface area contributed by atoms with Crippen LogP contribution in [0.5, 0.6) is 0 Å². The zero-order chi connectivity index (χ0) is 10.2. The maximum Gasteiger partial charge on any atom is 0.0202 e. The summed E-state index contributed by atoms with van der Waals surface area (Å²) in [5, 5.41) is 0. The molecular weight excluding hydrogens is 170 g/mol. The van der Waals surface area contributed by atoms with Crippen LogP contribution in [0.25, 0.3) is 0 Å². The highest BCUT2D eigenvalue weighted by Crippen LogP contribution is 2.22. The van der Waals surface area contributed by atoms with E-state index in [1.807, 2.05) is 0 Å². The lowest BCUT2D eigenvalue weighted by Crippen LogP contribution is -2.12. The molecule has 0 N–H and O–H groups in total. The van der Waals surface area contributed by atoms with Crippen LogP contribution in [-0.2, 0) is 0 Å². The lowest BCUT2D eigenvalue weighted by molar-refractivity contribution is 0.402. The first-order valence-corrected chi connectivity index (χ1v) is 5.92. The predicted molar refractivity (Wildman–Crippen MR) is 62.1 cm³/mol. The minimum atomic E-state index is 0.725. The molecule has 0 amide bonds. The van der Waals surface area contributed by atoms with Crippen molar-refractivity contribution >= 4 is 0 Å². The Kier molecular flexibility index (Phi) is 5.71. The lowest BCUT2D eigenvalue weighted by atomic mass is 9.90. The van der Waals surface area contributed by atoms with E-state index in [1.165, 1.54) is 45.1 Å². The molecule has 1 saturated carbocycles. The Labute approximate surface area is 88.9 Å². The number of unbranched alkanes of at least 4 members (excludes halogenated alkanes) is 1. The third kappa shape index (κ3) is 5.29. The summed E-state index contributed by atoms with van der Waals surface area (Å²) in [7, 11) is 4.24. The second-order valence-corrected chi connectivity index (χ2v) is 4.56. The number of rotatable bonds is 3. The van der Waals surface area contributed by atoms with Crippen LogP contribution in [0.3, 0.4) is 0 Å². The van der Waals surface area contributed by atoms with Crippen LogP contribution in [0, 0.1) is 17.8 Å². The molecule has 1 rings (SSSR count). The van der Waals surface area contributed by atoms with Crippen molar-refractivity contribution in [2.45, 2.75) is 44.9 Å². The molecule has 1 fully saturated rings. The molecule has 14 heavy (non-hydrogen) atoms. The van der Waals surface area contributed by atoms with Crippen molar-refractivity contribution in [1.82, 2.24) is 4.90 Å². The third-order valence-corrected chi connectivity index (χ3v) is 2.82. The monoisotopic (exact) mass is 193 g/mol. The molecule has 0 atom stereocenters. The Morgan fingerprint density at radius 1 is 1.14 bits per heavy atom. The fourth-order valence-electron chi connectivity index (χ4n) is 1.95. The molecule has 0 spiro atoms. The molecular formula is C13H23N. The summed E-state index contributed by atoms with van der Waals surface area (Å²) < 4.78 is 0. The molecule has 0 aromatic heterocycles. The first-order chi connectivity index (χ1) is 6.79. The first kappa shape index (κ1) is 11.6. The minimum Gasteiger partial charge on any atom is -0.309 e. The highest BCUT2D eigenvalue weighted by atomic mass is 15.0. The molecule has 0 heterocycles. The van der Waals surface area contributed by atoms with E-state index in [-0.39, 0.29) is 0 Å². The average Bonchev–Trinajstić information content (AvgIpc) is 2.18. The molecule has 0 bridgehead atoms. The molecule has 0 aliphatic heterocycles. The van der Waals surface area contributed by atoms with Gasteiger partial charge in [0, 0.05) is 12.3 Å². The van der Waals surface area contributed by atoms with Crippen LogP contribution in [-0.4, -0.2) is 25.5 Å². The van der Waals surface area contributed by atoms with Gasteiger partial charge >= 0.3 is 0 Å². The van der Waals surface area contributed by atoms with Crippen LogP contribution >= 0.6 is 0 Å². The summed E-state index contributed by atoms with van der Waals surface area (Å²) in [5.41, 5.74) is 0. The second-order valence-electron chi connectivity index (χ2n) is 4.56. The average molecular weight is 193 g/mol. The van der Waals surface area contributed by atoms with Crippen LogP contribution < -0.4 is 0 Å². The normalized spacial score (nSPS) is 17.9. The number of hydrogen-bond acceptors (Lipinski definition) is 1. The van der Waals surface area contributed by atoms with Crippen molar-refractivity contribution in [2.24, 2.45) is 5.92 Å². The predicted octanol–water partition coefficient (Wildman–Crippen LogP) is 2.91. The largest absolute Gasteiger partial charge is 0.309 e. The quantitative estimate of drug-likeness (QED) is 0.492. The highest BCUT2D eigenvalue weighted by molar-refractivity contribution is 5.04. The fraction of sp³-hybridized carbons (Fsp3) is 0.846. The van der Waals surface area contributed by atoms with Gasteiger partial charge in [-0.3, -0.25) is 0 Å². The Hall–Kier alpha value is -0.480. The summed E-state index contributed by atoms with van der Waals surface area (Å²) in [6.45, 7) is 1.17. The van der Waals surface area contributed by atoms with Gasteiger partial charge in [0.25, 0.3) is 0 Å². The molecule has 0 radical (unpaired) electrons. The van der Waals surface area contributed by atoms with Crippen LogP contribution in [0.15, 0.2) is 0 Å². The van der Waals surface area contributed by atoms with Gasteiger partial charge in [0.05, 0.1) is 0 Å². The Bertz CT molecular complexity index is 191.